The summed E-state index contributed by atoms with van der Waals surface area (Å²) in [5, 5.41) is 3.49. The molecule has 1 amide bonds. The Bertz CT molecular complexity index is 668. The van der Waals surface area contributed by atoms with Gasteiger partial charge in [0.1, 0.15) is 5.75 Å². The number of anilines is 1. The number of halogens is 1. The first-order valence-electron chi connectivity index (χ1n) is 7.86. The zero-order valence-electron chi connectivity index (χ0n) is 13.7. The van der Waals surface area contributed by atoms with E-state index in [1.807, 2.05) is 50.2 Å². The van der Waals surface area contributed by atoms with Crippen molar-refractivity contribution in [1.82, 2.24) is 0 Å². The molecule has 0 saturated heterocycles. The lowest BCUT2D eigenvalue weighted by Gasteiger charge is -2.17. The second-order valence-electron chi connectivity index (χ2n) is 5.47. The van der Waals surface area contributed by atoms with Crippen molar-refractivity contribution in [2.75, 3.05) is 5.32 Å². The van der Waals surface area contributed by atoms with Gasteiger partial charge >= 0.3 is 0 Å². The largest absolute Gasteiger partial charge is 0.481 e. The zero-order valence-corrected chi connectivity index (χ0v) is 14.5. The Morgan fingerprint density at radius 3 is 2.43 bits per heavy atom. The van der Waals surface area contributed by atoms with Crippen LogP contribution in [0.25, 0.3) is 0 Å². The molecule has 2 rings (SSSR count). The molecule has 0 heterocycles. The smallest absolute Gasteiger partial charge is 0.265 e. The molecular weight excluding hydrogens is 310 g/mol. The third kappa shape index (κ3) is 4.73. The molecule has 0 bridgehead atoms. The second kappa shape index (κ2) is 8.02. The van der Waals surface area contributed by atoms with Gasteiger partial charge in [-0.3, -0.25) is 4.79 Å². The Hall–Kier alpha value is -2.00. The van der Waals surface area contributed by atoms with E-state index in [0.717, 1.165) is 12.0 Å². The molecule has 2 aromatic carbocycles. The molecule has 0 aliphatic rings. The molecule has 122 valence electrons. The van der Waals surface area contributed by atoms with E-state index in [-0.39, 0.29) is 5.91 Å². The minimum absolute atomic E-state index is 0.174. The van der Waals surface area contributed by atoms with Crippen LogP contribution >= 0.6 is 11.6 Å². The topological polar surface area (TPSA) is 38.3 Å². The molecular formula is C19H22ClNO2. The van der Waals surface area contributed by atoms with Crippen LogP contribution in [0.1, 0.15) is 31.4 Å². The van der Waals surface area contributed by atoms with Crippen molar-refractivity contribution >= 4 is 23.2 Å². The molecule has 4 heteroatoms. The van der Waals surface area contributed by atoms with Crippen LogP contribution in [0.3, 0.4) is 0 Å². The van der Waals surface area contributed by atoms with Gasteiger partial charge in [-0.1, -0.05) is 43.6 Å². The molecule has 0 aliphatic heterocycles. The maximum atomic E-state index is 12.4. The quantitative estimate of drug-likeness (QED) is 0.808. The van der Waals surface area contributed by atoms with Gasteiger partial charge in [0.25, 0.3) is 5.91 Å². The Balaban J connectivity index is 2.03. The van der Waals surface area contributed by atoms with Gasteiger partial charge < -0.3 is 10.1 Å². The lowest BCUT2D eigenvalue weighted by atomic mass is 10.1. The molecule has 3 nitrogen and oxygen atoms in total. The van der Waals surface area contributed by atoms with Crippen LogP contribution < -0.4 is 10.1 Å². The summed E-state index contributed by atoms with van der Waals surface area (Å²) in [6.07, 6.45) is 1.02. The van der Waals surface area contributed by atoms with Gasteiger partial charge in [0.15, 0.2) is 6.10 Å². The molecule has 1 atom stereocenters. The number of aryl methyl sites for hydroxylation is 2. The van der Waals surface area contributed by atoms with E-state index < -0.39 is 6.10 Å². The molecule has 0 spiro atoms. The van der Waals surface area contributed by atoms with Crippen LogP contribution in [-0.4, -0.2) is 12.0 Å². The first kappa shape index (κ1) is 17.4. The number of hydrogen-bond donors (Lipinski definition) is 1. The molecule has 0 fully saturated rings. The molecule has 2 aromatic rings. The summed E-state index contributed by atoms with van der Waals surface area (Å²) < 4.78 is 5.81. The highest BCUT2D eigenvalue weighted by Gasteiger charge is 2.18. The lowest BCUT2D eigenvalue weighted by molar-refractivity contribution is -0.122. The highest BCUT2D eigenvalue weighted by molar-refractivity contribution is 6.31. The van der Waals surface area contributed by atoms with E-state index in [1.165, 1.54) is 5.56 Å². The number of rotatable bonds is 6. The fourth-order valence-corrected chi connectivity index (χ4v) is 2.36. The van der Waals surface area contributed by atoms with Crippen LogP contribution in [-0.2, 0) is 11.2 Å². The van der Waals surface area contributed by atoms with Gasteiger partial charge in [0, 0.05) is 10.7 Å². The van der Waals surface area contributed by atoms with E-state index in [0.29, 0.717) is 22.9 Å². The number of carbonyl (C=O) groups is 1. The fraction of sp³-hybridized carbons (Fsp3) is 0.316. The molecule has 0 saturated carbocycles. The molecule has 0 aromatic heterocycles. The SMILES string of the molecule is CCc1ccc(OC(CC)C(=O)Nc2ccc(C)c(Cl)c2)cc1. The number of hydrogen-bond acceptors (Lipinski definition) is 2. The monoisotopic (exact) mass is 331 g/mol. The fourth-order valence-electron chi connectivity index (χ4n) is 2.18. The minimum Gasteiger partial charge on any atom is -0.481 e. The first-order chi connectivity index (χ1) is 11.0. The van der Waals surface area contributed by atoms with Gasteiger partial charge in [0.2, 0.25) is 0 Å². The summed E-state index contributed by atoms with van der Waals surface area (Å²) in [7, 11) is 0. The number of carbonyl (C=O) groups excluding carboxylic acids is 1. The Kier molecular flexibility index (Phi) is 6.05. The highest BCUT2D eigenvalue weighted by Crippen LogP contribution is 2.21. The van der Waals surface area contributed by atoms with E-state index in [9.17, 15) is 4.79 Å². The average molecular weight is 332 g/mol. The van der Waals surface area contributed by atoms with Crippen molar-refractivity contribution in [2.45, 2.75) is 39.7 Å². The van der Waals surface area contributed by atoms with Gasteiger partial charge in [0.05, 0.1) is 0 Å². The van der Waals surface area contributed by atoms with Crippen molar-refractivity contribution in [1.29, 1.82) is 0 Å². The van der Waals surface area contributed by atoms with Crippen molar-refractivity contribution in [2.24, 2.45) is 0 Å². The van der Waals surface area contributed by atoms with Crippen molar-refractivity contribution < 1.29 is 9.53 Å². The Labute approximate surface area is 142 Å². The zero-order chi connectivity index (χ0) is 16.8. The third-order valence-electron chi connectivity index (χ3n) is 3.71. The van der Waals surface area contributed by atoms with Crippen molar-refractivity contribution in [3.63, 3.8) is 0 Å². The Morgan fingerprint density at radius 1 is 1.17 bits per heavy atom. The molecule has 1 N–H and O–H groups in total. The van der Waals surface area contributed by atoms with Crippen molar-refractivity contribution in [3.8, 4) is 5.75 Å². The van der Waals surface area contributed by atoms with Crippen LogP contribution in [0.5, 0.6) is 5.75 Å². The predicted molar refractivity (Wildman–Crippen MR) is 95.3 cm³/mol. The summed E-state index contributed by atoms with van der Waals surface area (Å²) in [6, 6.07) is 13.3. The Morgan fingerprint density at radius 2 is 1.87 bits per heavy atom. The van der Waals surface area contributed by atoms with E-state index in [1.54, 1.807) is 6.07 Å². The molecule has 0 radical (unpaired) electrons. The van der Waals surface area contributed by atoms with E-state index in [4.69, 9.17) is 16.3 Å². The highest BCUT2D eigenvalue weighted by atomic mass is 35.5. The summed E-state index contributed by atoms with van der Waals surface area (Å²) in [4.78, 5) is 12.4. The van der Waals surface area contributed by atoms with Gasteiger partial charge in [-0.25, -0.2) is 0 Å². The van der Waals surface area contributed by atoms with Gasteiger partial charge in [-0.15, -0.1) is 0 Å². The van der Waals surface area contributed by atoms with Crippen LogP contribution in [0, 0.1) is 6.92 Å². The minimum atomic E-state index is -0.539. The van der Waals surface area contributed by atoms with Gasteiger partial charge in [-0.2, -0.15) is 0 Å². The average Bonchev–Trinajstić information content (AvgIpc) is 2.56. The van der Waals surface area contributed by atoms with Crippen LogP contribution in [0.2, 0.25) is 5.02 Å². The maximum Gasteiger partial charge on any atom is 0.265 e. The van der Waals surface area contributed by atoms with Crippen LogP contribution in [0.15, 0.2) is 42.5 Å². The number of benzene rings is 2. The molecule has 23 heavy (non-hydrogen) atoms. The molecule has 0 aliphatic carbocycles. The third-order valence-corrected chi connectivity index (χ3v) is 4.12. The van der Waals surface area contributed by atoms with Gasteiger partial charge in [-0.05, 0) is 55.2 Å². The maximum absolute atomic E-state index is 12.4. The van der Waals surface area contributed by atoms with E-state index >= 15 is 0 Å². The van der Waals surface area contributed by atoms with Crippen molar-refractivity contribution in [3.05, 3.63) is 58.6 Å². The second-order valence-corrected chi connectivity index (χ2v) is 5.87. The predicted octanol–water partition coefficient (Wildman–Crippen LogP) is 5.01. The standard InChI is InChI=1S/C19H22ClNO2/c1-4-14-7-10-16(11-8-14)23-18(5-2)19(22)21-15-9-6-13(3)17(20)12-15/h6-12,18H,4-5H2,1-3H3,(H,21,22). The summed E-state index contributed by atoms with van der Waals surface area (Å²) in [6.45, 7) is 5.95. The first-order valence-corrected chi connectivity index (χ1v) is 8.23. The number of ether oxygens (including phenoxy) is 1. The molecule has 1 unspecified atom stereocenters. The summed E-state index contributed by atoms with van der Waals surface area (Å²) in [5.41, 5.74) is 2.89. The summed E-state index contributed by atoms with van der Waals surface area (Å²) in [5.74, 6) is 0.526. The summed E-state index contributed by atoms with van der Waals surface area (Å²) >= 11 is 6.09. The number of nitrogens with one attached hydrogen (secondary N) is 1. The lowest BCUT2D eigenvalue weighted by Crippen LogP contribution is -2.32. The number of amides is 1. The van der Waals surface area contributed by atoms with Crippen LogP contribution in [0.4, 0.5) is 5.69 Å². The normalized spacial score (nSPS) is 11.8. The van der Waals surface area contributed by atoms with E-state index in [2.05, 4.69) is 12.2 Å².